The van der Waals surface area contributed by atoms with Crippen molar-refractivity contribution in [3.63, 3.8) is 0 Å². The Hall–Kier alpha value is -4.05. The summed E-state index contributed by atoms with van der Waals surface area (Å²) in [6.07, 6.45) is 1.81. The van der Waals surface area contributed by atoms with Crippen LogP contribution < -0.4 is 5.32 Å². The van der Waals surface area contributed by atoms with Crippen molar-refractivity contribution in [2.75, 3.05) is 60.0 Å². The molecule has 0 bridgehead atoms. The molecule has 0 aliphatic carbocycles. The first-order valence-electron chi connectivity index (χ1n) is 14.8. The highest BCUT2D eigenvalue weighted by molar-refractivity contribution is 6.06. The molecule has 0 atom stereocenters. The molecule has 1 aliphatic heterocycles. The second-order valence-corrected chi connectivity index (χ2v) is 12.2. The lowest BCUT2D eigenvalue weighted by atomic mass is 9.84. The number of aromatic nitrogens is 3. The van der Waals surface area contributed by atoms with E-state index in [0.29, 0.717) is 18.7 Å². The summed E-state index contributed by atoms with van der Waals surface area (Å²) in [5.41, 5.74) is 6.05. The minimum atomic E-state index is -0.414. The number of likely N-dealkylation sites (N-methyl/N-ethyl adjacent to an activating group) is 1. The van der Waals surface area contributed by atoms with E-state index < -0.39 is 5.41 Å². The van der Waals surface area contributed by atoms with Gasteiger partial charge in [-0.15, -0.1) is 0 Å². The van der Waals surface area contributed by atoms with Gasteiger partial charge < -0.3 is 19.5 Å². The predicted octanol–water partition coefficient (Wildman–Crippen LogP) is 5.21. The molecular weight excluding hydrogens is 543 g/mol. The molecule has 0 radical (unpaired) electrons. The Morgan fingerprint density at radius 1 is 1.05 bits per heavy atom. The predicted molar refractivity (Wildman–Crippen MR) is 169 cm³/mol. The van der Waals surface area contributed by atoms with E-state index >= 15 is 0 Å². The summed E-state index contributed by atoms with van der Waals surface area (Å²) >= 11 is 0. The van der Waals surface area contributed by atoms with Gasteiger partial charge in [0.25, 0.3) is 5.91 Å². The topological polar surface area (TPSA) is 78.4 Å². The van der Waals surface area contributed by atoms with Gasteiger partial charge >= 0.3 is 0 Å². The summed E-state index contributed by atoms with van der Waals surface area (Å²) in [5, 5.41) is 12.5. The lowest BCUT2D eigenvalue weighted by Crippen LogP contribution is -2.46. The van der Waals surface area contributed by atoms with Gasteiger partial charge in [0.2, 0.25) is 0 Å². The molecule has 2 aromatic heterocycles. The molecule has 224 valence electrons. The van der Waals surface area contributed by atoms with Crippen LogP contribution in [0.4, 0.5) is 4.39 Å². The average Bonchev–Trinajstić information content (AvgIpc) is 3.60. The largest absolute Gasteiger partial charge is 0.384 e. The first kappa shape index (κ1) is 29.0. The second kappa shape index (κ2) is 11.9. The number of rotatable bonds is 9. The van der Waals surface area contributed by atoms with Crippen molar-refractivity contribution < 1.29 is 13.9 Å². The van der Waals surface area contributed by atoms with Crippen molar-refractivity contribution >= 4 is 27.7 Å². The zero-order valence-electron chi connectivity index (χ0n) is 25.3. The molecule has 1 saturated heterocycles. The van der Waals surface area contributed by atoms with Crippen LogP contribution in [0, 0.1) is 5.82 Å². The van der Waals surface area contributed by atoms with Gasteiger partial charge in [0.05, 0.1) is 23.8 Å². The van der Waals surface area contributed by atoms with Crippen molar-refractivity contribution in [3.8, 4) is 16.8 Å². The normalized spacial score (nSPS) is 15.0. The third-order valence-corrected chi connectivity index (χ3v) is 8.50. The van der Waals surface area contributed by atoms with Gasteiger partial charge in [0.15, 0.2) is 0 Å². The molecule has 8 nitrogen and oxygen atoms in total. The van der Waals surface area contributed by atoms with E-state index in [1.54, 1.807) is 19.2 Å². The van der Waals surface area contributed by atoms with Gasteiger partial charge in [-0.25, -0.2) is 4.39 Å². The maximum absolute atomic E-state index is 14.0. The van der Waals surface area contributed by atoms with E-state index in [-0.39, 0.29) is 11.7 Å². The summed E-state index contributed by atoms with van der Waals surface area (Å²) in [7, 11) is 3.85. The van der Waals surface area contributed by atoms with Crippen LogP contribution in [0.5, 0.6) is 0 Å². The van der Waals surface area contributed by atoms with Crippen LogP contribution in [0.3, 0.4) is 0 Å². The van der Waals surface area contributed by atoms with Gasteiger partial charge in [0.1, 0.15) is 5.82 Å². The third-order valence-electron chi connectivity index (χ3n) is 8.50. The number of aromatic amines is 1. The second-order valence-electron chi connectivity index (χ2n) is 12.2. The molecule has 43 heavy (non-hydrogen) atoms. The summed E-state index contributed by atoms with van der Waals surface area (Å²) in [6, 6.07) is 18.6. The lowest BCUT2D eigenvalue weighted by Gasteiger charge is -2.32. The smallest absolute Gasteiger partial charge is 0.251 e. The number of carbonyl (C=O) groups excluding carboxylic acids is 1. The molecule has 9 heteroatoms. The molecule has 1 fully saturated rings. The van der Waals surface area contributed by atoms with E-state index in [1.807, 2.05) is 30.5 Å². The molecule has 0 unspecified atom stereocenters. The van der Waals surface area contributed by atoms with Crippen LogP contribution in [0.1, 0.15) is 29.9 Å². The van der Waals surface area contributed by atoms with Gasteiger partial charge in [-0.3, -0.25) is 14.8 Å². The fraction of sp³-hybridized carbons (Fsp3) is 0.353. The molecular formula is C34H39FN6O2. The fourth-order valence-electron chi connectivity index (χ4n) is 6.23. The van der Waals surface area contributed by atoms with Crippen molar-refractivity contribution in [1.29, 1.82) is 0 Å². The first-order chi connectivity index (χ1) is 20.7. The Bertz CT molecular complexity index is 1730. The molecule has 5 aromatic rings. The Morgan fingerprint density at radius 2 is 1.77 bits per heavy atom. The zero-order valence-corrected chi connectivity index (χ0v) is 25.3. The van der Waals surface area contributed by atoms with Crippen molar-refractivity contribution in [1.82, 2.24) is 29.9 Å². The number of nitrogens with one attached hydrogen (secondary N) is 2. The van der Waals surface area contributed by atoms with E-state index in [4.69, 9.17) is 4.74 Å². The first-order valence-corrected chi connectivity index (χ1v) is 14.8. The Balaban J connectivity index is 1.40. The number of methoxy groups -OCH3 is 1. The van der Waals surface area contributed by atoms with Crippen LogP contribution in [-0.2, 0) is 10.2 Å². The van der Waals surface area contributed by atoms with E-state index in [0.717, 1.165) is 77.0 Å². The molecule has 3 aromatic carbocycles. The minimum Gasteiger partial charge on any atom is -0.384 e. The molecule has 1 aliphatic rings. The minimum absolute atomic E-state index is 0.0754. The Morgan fingerprint density at radius 3 is 2.47 bits per heavy atom. The van der Waals surface area contributed by atoms with Crippen LogP contribution >= 0.6 is 0 Å². The number of halogens is 1. The molecule has 3 heterocycles. The standard InChI is InChI=1S/C34H39FN6O2/c1-34(2,22-43-4)32-31(23-5-7-24(8-6-23)33(42)36-13-14-40-17-15-39(3)16-18-40)28-20-29-25(21-37-38-29)19-30(28)41(32)27-11-9-26(35)10-12-27/h5-12,19-21H,13-18,22H2,1-4H3,(H,36,42)(H,37,38). The highest BCUT2D eigenvalue weighted by Gasteiger charge is 2.32. The number of piperazine rings is 1. The Labute approximate surface area is 251 Å². The molecule has 1 amide bonds. The maximum Gasteiger partial charge on any atom is 0.251 e. The molecule has 0 saturated carbocycles. The Kier molecular flexibility index (Phi) is 8.05. The highest BCUT2D eigenvalue weighted by atomic mass is 19.1. The lowest BCUT2D eigenvalue weighted by molar-refractivity contribution is 0.0941. The average molecular weight is 583 g/mol. The number of benzene rings is 3. The number of hydrogen-bond donors (Lipinski definition) is 2. The van der Waals surface area contributed by atoms with E-state index in [2.05, 4.69) is 62.9 Å². The third kappa shape index (κ3) is 5.80. The monoisotopic (exact) mass is 582 g/mol. The SMILES string of the molecule is COCC(C)(C)c1c(-c2ccc(C(=O)NCCN3CCN(C)CC3)cc2)c2cc3[nH]ncc3cc2n1-c1ccc(F)cc1. The van der Waals surface area contributed by atoms with Gasteiger partial charge in [-0.05, 0) is 61.1 Å². The van der Waals surface area contributed by atoms with Crippen LogP contribution in [0.2, 0.25) is 0 Å². The van der Waals surface area contributed by atoms with E-state index in [9.17, 15) is 9.18 Å². The number of H-pyrrole nitrogens is 1. The van der Waals surface area contributed by atoms with E-state index in [1.165, 1.54) is 12.1 Å². The van der Waals surface area contributed by atoms with Gasteiger partial charge in [-0.1, -0.05) is 26.0 Å². The number of ether oxygens (including phenoxy) is 1. The summed E-state index contributed by atoms with van der Waals surface area (Å²) in [5.74, 6) is -0.360. The maximum atomic E-state index is 14.0. The summed E-state index contributed by atoms with van der Waals surface area (Å²) in [4.78, 5) is 17.8. The summed E-state index contributed by atoms with van der Waals surface area (Å²) < 4.78 is 21.9. The molecule has 6 rings (SSSR count). The van der Waals surface area contributed by atoms with Crippen molar-refractivity contribution in [2.24, 2.45) is 0 Å². The van der Waals surface area contributed by atoms with Crippen LogP contribution in [0.15, 0.2) is 66.9 Å². The van der Waals surface area contributed by atoms with Crippen molar-refractivity contribution in [3.05, 3.63) is 83.9 Å². The number of fused-ring (bicyclic) bond motifs is 2. The van der Waals surface area contributed by atoms with Crippen LogP contribution in [0.25, 0.3) is 38.6 Å². The zero-order chi connectivity index (χ0) is 30.1. The number of nitrogens with zero attached hydrogens (tertiary/aromatic N) is 4. The van der Waals surface area contributed by atoms with Crippen LogP contribution in [-0.4, -0.2) is 90.5 Å². The van der Waals surface area contributed by atoms with Gasteiger partial charge in [0, 0.05) is 85.1 Å². The highest BCUT2D eigenvalue weighted by Crippen LogP contribution is 2.44. The number of carbonyl (C=O) groups is 1. The number of hydrogen-bond acceptors (Lipinski definition) is 5. The number of amides is 1. The molecule has 2 N–H and O–H groups in total. The fourth-order valence-corrected chi connectivity index (χ4v) is 6.23. The van der Waals surface area contributed by atoms with Gasteiger partial charge in [-0.2, -0.15) is 5.10 Å². The van der Waals surface area contributed by atoms with Crippen molar-refractivity contribution in [2.45, 2.75) is 19.3 Å². The summed E-state index contributed by atoms with van der Waals surface area (Å²) in [6.45, 7) is 10.4. The quantitative estimate of drug-likeness (QED) is 0.249. The molecule has 0 spiro atoms.